The number of hydrogen-bond acceptors (Lipinski definition) is 5. The van der Waals surface area contributed by atoms with E-state index in [0.29, 0.717) is 17.4 Å². The second kappa shape index (κ2) is 5.28. The molecule has 1 aromatic rings. The summed E-state index contributed by atoms with van der Waals surface area (Å²) < 4.78 is 10.8. The molecule has 6 nitrogen and oxygen atoms in total. The lowest BCUT2D eigenvalue weighted by Gasteiger charge is -2.20. The van der Waals surface area contributed by atoms with Crippen molar-refractivity contribution in [3.05, 3.63) is 28.3 Å². The zero-order valence-electron chi connectivity index (χ0n) is 11.4. The molecule has 2 atom stereocenters. The van der Waals surface area contributed by atoms with Crippen LogP contribution < -0.4 is 10.1 Å². The molecule has 2 unspecified atom stereocenters. The summed E-state index contributed by atoms with van der Waals surface area (Å²) in [6.45, 7) is 0.725. The lowest BCUT2D eigenvalue weighted by Crippen LogP contribution is -2.31. The van der Waals surface area contributed by atoms with Crippen LogP contribution in [0.3, 0.4) is 0 Å². The molecule has 0 amide bonds. The molecule has 0 bridgehead atoms. The van der Waals surface area contributed by atoms with Gasteiger partial charge in [-0.1, -0.05) is 0 Å². The maximum atomic E-state index is 11.2. The van der Waals surface area contributed by atoms with E-state index in [-0.39, 0.29) is 22.8 Å². The molecule has 1 aromatic carbocycles. The van der Waals surface area contributed by atoms with E-state index < -0.39 is 0 Å². The minimum absolute atomic E-state index is 0.0470. The van der Waals surface area contributed by atoms with Crippen molar-refractivity contribution in [3.63, 3.8) is 0 Å². The summed E-state index contributed by atoms with van der Waals surface area (Å²) in [4.78, 5) is 10.8. The minimum Gasteiger partial charge on any atom is -0.496 e. The Balaban J connectivity index is 1.80. The van der Waals surface area contributed by atoms with Gasteiger partial charge in [-0.15, -0.1) is 0 Å². The Hall–Kier alpha value is -1.82. The van der Waals surface area contributed by atoms with Crippen LogP contribution in [-0.2, 0) is 4.74 Å². The summed E-state index contributed by atoms with van der Waals surface area (Å²) in [5, 5.41) is 14.5. The minimum atomic E-state index is -0.382. The third-order valence-corrected chi connectivity index (χ3v) is 3.96. The molecule has 108 valence electrons. The number of nitro groups is 1. The Morgan fingerprint density at radius 1 is 1.40 bits per heavy atom. The third-order valence-electron chi connectivity index (χ3n) is 3.96. The molecule has 1 saturated carbocycles. The summed E-state index contributed by atoms with van der Waals surface area (Å²) in [6, 6.07) is 5.05. The Labute approximate surface area is 117 Å². The van der Waals surface area contributed by atoms with Gasteiger partial charge >= 0.3 is 0 Å². The van der Waals surface area contributed by atoms with Gasteiger partial charge in [0.2, 0.25) is 0 Å². The molecule has 0 spiro atoms. The number of hydrogen-bond donors (Lipinski definition) is 1. The molecule has 6 heteroatoms. The van der Waals surface area contributed by atoms with E-state index in [1.807, 2.05) is 0 Å². The predicted molar refractivity (Wildman–Crippen MR) is 74.1 cm³/mol. The predicted octanol–water partition coefficient (Wildman–Crippen LogP) is 2.58. The Morgan fingerprint density at radius 2 is 2.20 bits per heavy atom. The molecular weight excluding hydrogens is 260 g/mol. The van der Waals surface area contributed by atoms with Crippen molar-refractivity contribution >= 4 is 11.4 Å². The molecule has 0 aromatic heterocycles. The maximum Gasteiger partial charge on any atom is 0.296 e. The first-order valence-corrected chi connectivity index (χ1v) is 6.89. The van der Waals surface area contributed by atoms with Crippen LogP contribution in [0.5, 0.6) is 5.75 Å². The van der Waals surface area contributed by atoms with E-state index in [0.717, 1.165) is 13.0 Å². The molecule has 2 aliphatic rings. The first-order valence-electron chi connectivity index (χ1n) is 6.89. The van der Waals surface area contributed by atoms with Crippen molar-refractivity contribution < 1.29 is 14.4 Å². The fourth-order valence-electron chi connectivity index (χ4n) is 2.77. The molecule has 1 aliphatic heterocycles. The number of nitro benzene ring substituents is 1. The van der Waals surface area contributed by atoms with Crippen molar-refractivity contribution in [1.29, 1.82) is 0 Å². The molecule has 3 rings (SSSR count). The lowest BCUT2D eigenvalue weighted by molar-refractivity contribution is -0.384. The number of nitrogens with zero attached hydrogens (tertiary/aromatic N) is 1. The average Bonchev–Trinajstić information content (AvgIpc) is 3.19. The number of rotatable bonds is 5. The van der Waals surface area contributed by atoms with Crippen LogP contribution in [-0.4, -0.2) is 30.8 Å². The molecule has 20 heavy (non-hydrogen) atoms. The van der Waals surface area contributed by atoms with Gasteiger partial charge in [-0.05, 0) is 37.3 Å². The summed E-state index contributed by atoms with van der Waals surface area (Å²) >= 11 is 0. The molecule has 1 aliphatic carbocycles. The summed E-state index contributed by atoms with van der Waals surface area (Å²) in [5.74, 6) is 1.11. The second-order valence-electron chi connectivity index (χ2n) is 5.35. The lowest BCUT2D eigenvalue weighted by atomic mass is 10.1. The van der Waals surface area contributed by atoms with Gasteiger partial charge in [-0.2, -0.15) is 0 Å². The van der Waals surface area contributed by atoms with Gasteiger partial charge in [0.1, 0.15) is 11.4 Å². The van der Waals surface area contributed by atoms with Gasteiger partial charge in [0, 0.05) is 6.61 Å². The highest BCUT2D eigenvalue weighted by molar-refractivity contribution is 5.64. The fraction of sp³-hybridized carbons (Fsp3) is 0.571. The van der Waals surface area contributed by atoms with Crippen LogP contribution in [0.1, 0.15) is 19.3 Å². The highest BCUT2D eigenvalue weighted by Gasteiger charge is 2.41. The third kappa shape index (κ3) is 2.56. The molecule has 1 saturated heterocycles. The van der Waals surface area contributed by atoms with E-state index in [1.165, 1.54) is 26.0 Å². The summed E-state index contributed by atoms with van der Waals surface area (Å²) in [7, 11) is 1.50. The largest absolute Gasteiger partial charge is 0.496 e. The van der Waals surface area contributed by atoms with Crippen molar-refractivity contribution in [2.45, 2.75) is 31.4 Å². The van der Waals surface area contributed by atoms with E-state index in [4.69, 9.17) is 9.47 Å². The van der Waals surface area contributed by atoms with Crippen LogP contribution in [0.15, 0.2) is 18.2 Å². The number of ether oxygens (including phenoxy) is 2. The van der Waals surface area contributed by atoms with Gasteiger partial charge in [0.15, 0.2) is 0 Å². The Kier molecular flexibility index (Phi) is 3.48. The monoisotopic (exact) mass is 278 g/mol. The van der Waals surface area contributed by atoms with E-state index in [1.54, 1.807) is 12.1 Å². The number of anilines is 1. The molecule has 2 fully saturated rings. The SMILES string of the molecule is COc1ccc(NC2CCOC2C2CC2)c([N+](=O)[O-])c1. The van der Waals surface area contributed by atoms with Crippen LogP contribution in [0.2, 0.25) is 0 Å². The number of benzene rings is 1. The molecular formula is C14H18N2O4. The standard InChI is InChI=1S/C14H18N2O4/c1-19-10-4-5-11(13(8-10)16(17)18)15-12-6-7-20-14(12)9-2-3-9/h4-5,8-9,12,14-15H,2-3,6-7H2,1H3. The van der Waals surface area contributed by atoms with Gasteiger partial charge in [0.05, 0.1) is 30.2 Å². The van der Waals surface area contributed by atoms with Gasteiger partial charge < -0.3 is 14.8 Å². The second-order valence-corrected chi connectivity index (χ2v) is 5.35. The Morgan fingerprint density at radius 3 is 2.85 bits per heavy atom. The molecule has 0 radical (unpaired) electrons. The number of nitrogens with one attached hydrogen (secondary N) is 1. The van der Waals surface area contributed by atoms with Crippen LogP contribution in [0, 0.1) is 16.0 Å². The van der Waals surface area contributed by atoms with E-state index in [2.05, 4.69) is 5.32 Å². The molecule has 1 N–H and O–H groups in total. The quantitative estimate of drug-likeness (QED) is 0.662. The first kappa shape index (κ1) is 13.2. The smallest absolute Gasteiger partial charge is 0.296 e. The fourth-order valence-corrected chi connectivity index (χ4v) is 2.77. The zero-order valence-corrected chi connectivity index (χ0v) is 11.4. The van der Waals surface area contributed by atoms with Gasteiger partial charge in [0.25, 0.3) is 5.69 Å². The molecule has 1 heterocycles. The van der Waals surface area contributed by atoms with Crippen LogP contribution in [0.25, 0.3) is 0 Å². The highest BCUT2D eigenvalue weighted by atomic mass is 16.6. The first-order chi connectivity index (χ1) is 9.69. The average molecular weight is 278 g/mol. The van der Waals surface area contributed by atoms with Crippen LogP contribution >= 0.6 is 0 Å². The zero-order chi connectivity index (χ0) is 14.1. The van der Waals surface area contributed by atoms with Crippen LogP contribution in [0.4, 0.5) is 11.4 Å². The summed E-state index contributed by atoms with van der Waals surface area (Å²) in [6.07, 6.45) is 3.49. The van der Waals surface area contributed by atoms with Gasteiger partial charge in [-0.25, -0.2) is 0 Å². The van der Waals surface area contributed by atoms with E-state index in [9.17, 15) is 10.1 Å². The van der Waals surface area contributed by atoms with E-state index >= 15 is 0 Å². The summed E-state index contributed by atoms with van der Waals surface area (Å²) in [5.41, 5.74) is 0.586. The van der Waals surface area contributed by atoms with Gasteiger partial charge in [-0.3, -0.25) is 10.1 Å². The van der Waals surface area contributed by atoms with Crippen molar-refractivity contribution in [1.82, 2.24) is 0 Å². The van der Waals surface area contributed by atoms with Crippen molar-refractivity contribution in [2.75, 3.05) is 19.0 Å². The highest BCUT2D eigenvalue weighted by Crippen LogP contribution is 2.40. The van der Waals surface area contributed by atoms with Crippen molar-refractivity contribution in [2.24, 2.45) is 5.92 Å². The maximum absolute atomic E-state index is 11.2. The van der Waals surface area contributed by atoms with Crippen molar-refractivity contribution in [3.8, 4) is 5.75 Å². The number of methoxy groups -OCH3 is 1. The Bertz CT molecular complexity index is 516. The normalized spacial score (nSPS) is 25.4. The topological polar surface area (TPSA) is 73.6 Å².